The largest absolute Gasteiger partial charge is 0.497 e. The first-order valence-corrected chi connectivity index (χ1v) is 8.62. The summed E-state index contributed by atoms with van der Waals surface area (Å²) in [5.74, 6) is 0.820. The van der Waals surface area contributed by atoms with Gasteiger partial charge in [0.15, 0.2) is 0 Å². The van der Waals surface area contributed by atoms with E-state index in [2.05, 4.69) is 0 Å². The number of methoxy groups -OCH3 is 1. The van der Waals surface area contributed by atoms with Gasteiger partial charge < -0.3 is 4.74 Å². The number of hydrogen-bond donors (Lipinski definition) is 0. The molecule has 0 spiro atoms. The van der Waals surface area contributed by atoms with Gasteiger partial charge in [-0.15, -0.1) is 0 Å². The Morgan fingerprint density at radius 1 is 1.20 bits per heavy atom. The second kappa shape index (κ2) is 6.59. The van der Waals surface area contributed by atoms with Gasteiger partial charge in [0.1, 0.15) is 5.75 Å². The fourth-order valence-electron chi connectivity index (χ4n) is 2.65. The fraction of sp³-hybridized carbons (Fsp3) is 0.600. The van der Waals surface area contributed by atoms with Crippen molar-refractivity contribution in [3.05, 3.63) is 29.8 Å². The first kappa shape index (κ1) is 15.3. The molecule has 0 aliphatic heterocycles. The second-order valence-electron chi connectivity index (χ2n) is 5.37. The van der Waals surface area contributed by atoms with Crippen LogP contribution in [0.15, 0.2) is 24.3 Å². The molecule has 0 aromatic heterocycles. The van der Waals surface area contributed by atoms with Crippen molar-refractivity contribution in [1.82, 2.24) is 4.31 Å². The minimum atomic E-state index is -3.11. The molecule has 0 amide bonds. The SMILES string of the molecule is COc1ccc(CCN(C)S(=O)(=O)C2CCCC2)cc1. The minimum absolute atomic E-state index is 0.164. The summed E-state index contributed by atoms with van der Waals surface area (Å²) in [6.07, 6.45) is 4.43. The summed E-state index contributed by atoms with van der Waals surface area (Å²) in [6, 6.07) is 7.77. The first-order chi connectivity index (χ1) is 9.54. The van der Waals surface area contributed by atoms with Crippen molar-refractivity contribution >= 4 is 10.0 Å². The summed E-state index contributed by atoms with van der Waals surface area (Å²) >= 11 is 0. The third-order valence-electron chi connectivity index (χ3n) is 4.03. The van der Waals surface area contributed by atoms with Crippen LogP contribution in [-0.4, -0.2) is 38.7 Å². The van der Waals surface area contributed by atoms with E-state index in [1.807, 2.05) is 24.3 Å². The molecule has 0 radical (unpaired) electrons. The van der Waals surface area contributed by atoms with E-state index in [1.54, 1.807) is 14.2 Å². The maximum absolute atomic E-state index is 12.4. The fourth-order valence-corrected chi connectivity index (χ4v) is 4.43. The van der Waals surface area contributed by atoms with Crippen molar-refractivity contribution in [2.24, 2.45) is 0 Å². The molecule has 5 heteroatoms. The van der Waals surface area contributed by atoms with Gasteiger partial charge in [-0.2, -0.15) is 0 Å². The lowest BCUT2D eigenvalue weighted by atomic mass is 10.1. The van der Waals surface area contributed by atoms with Gasteiger partial charge in [-0.05, 0) is 37.0 Å². The predicted octanol–water partition coefficient (Wildman–Crippen LogP) is 2.44. The Bertz CT molecular complexity index is 519. The highest BCUT2D eigenvalue weighted by Crippen LogP contribution is 2.26. The van der Waals surface area contributed by atoms with Crippen molar-refractivity contribution < 1.29 is 13.2 Å². The van der Waals surface area contributed by atoms with Crippen molar-refractivity contribution in [2.45, 2.75) is 37.4 Å². The van der Waals surface area contributed by atoms with Crippen LogP contribution >= 0.6 is 0 Å². The summed E-state index contributed by atoms with van der Waals surface area (Å²) < 4.78 is 31.4. The zero-order valence-corrected chi connectivity index (χ0v) is 13.0. The van der Waals surface area contributed by atoms with E-state index in [0.29, 0.717) is 6.54 Å². The van der Waals surface area contributed by atoms with Crippen LogP contribution in [0.1, 0.15) is 31.2 Å². The third-order valence-corrected chi connectivity index (χ3v) is 6.40. The van der Waals surface area contributed by atoms with Crippen molar-refractivity contribution in [2.75, 3.05) is 20.7 Å². The summed E-state index contributed by atoms with van der Waals surface area (Å²) in [5, 5.41) is -0.164. The van der Waals surface area contributed by atoms with Crippen LogP contribution in [0.3, 0.4) is 0 Å². The van der Waals surface area contributed by atoms with E-state index in [1.165, 1.54) is 4.31 Å². The Morgan fingerprint density at radius 3 is 2.35 bits per heavy atom. The molecular formula is C15H23NO3S. The maximum Gasteiger partial charge on any atom is 0.216 e. The average Bonchev–Trinajstić information content (AvgIpc) is 3.00. The Balaban J connectivity index is 1.92. The summed E-state index contributed by atoms with van der Waals surface area (Å²) in [5.41, 5.74) is 1.12. The Kier molecular flexibility index (Phi) is 5.05. The molecule has 0 saturated heterocycles. The molecule has 1 saturated carbocycles. The van der Waals surface area contributed by atoms with E-state index in [-0.39, 0.29) is 5.25 Å². The minimum Gasteiger partial charge on any atom is -0.497 e. The molecule has 0 heterocycles. The number of sulfonamides is 1. The predicted molar refractivity (Wildman–Crippen MR) is 80.5 cm³/mol. The zero-order valence-electron chi connectivity index (χ0n) is 12.2. The van der Waals surface area contributed by atoms with Gasteiger partial charge in [-0.1, -0.05) is 25.0 Å². The average molecular weight is 297 g/mol. The summed E-state index contributed by atoms with van der Waals surface area (Å²) in [4.78, 5) is 0. The molecule has 1 aliphatic carbocycles. The highest BCUT2D eigenvalue weighted by atomic mass is 32.2. The smallest absolute Gasteiger partial charge is 0.216 e. The molecule has 0 atom stereocenters. The van der Waals surface area contributed by atoms with E-state index in [0.717, 1.165) is 43.4 Å². The van der Waals surface area contributed by atoms with Crippen LogP contribution in [0.2, 0.25) is 0 Å². The van der Waals surface area contributed by atoms with Crippen LogP contribution < -0.4 is 4.74 Å². The van der Waals surface area contributed by atoms with Gasteiger partial charge in [0.25, 0.3) is 0 Å². The molecule has 0 N–H and O–H groups in total. The number of benzene rings is 1. The van der Waals surface area contributed by atoms with Crippen LogP contribution in [0.25, 0.3) is 0 Å². The topological polar surface area (TPSA) is 46.6 Å². The van der Waals surface area contributed by atoms with Gasteiger partial charge in [-0.25, -0.2) is 12.7 Å². The number of hydrogen-bond acceptors (Lipinski definition) is 3. The number of nitrogens with zero attached hydrogens (tertiary/aromatic N) is 1. The highest BCUT2D eigenvalue weighted by molar-refractivity contribution is 7.89. The van der Waals surface area contributed by atoms with E-state index < -0.39 is 10.0 Å². The molecule has 0 bridgehead atoms. The van der Waals surface area contributed by atoms with Crippen molar-refractivity contribution in [1.29, 1.82) is 0 Å². The standard InChI is InChI=1S/C15H23NO3S/c1-16(20(17,18)15-5-3-4-6-15)12-11-13-7-9-14(19-2)10-8-13/h7-10,15H,3-6,11-12H2,1-2H3. The highest BCUT2D eigenvalue weighted by Gasteiger charge is 2.31. The maximum atomic E-state index is 12.4. The molecule has 1 aromatic rings. The number of ether oxygens (including phenoxy) is 1. The molecule has 20 heavy (non-hydrogen) atoms. The lowest BCUT2D eigenvalue weighted by Crippen LogP contribution is -2.36. The number of rotatable bonds is 6. The zero-order chi connectivity index (χ0) is 14.6. The lowest BCUT2D eigenvalue weighted by Gasteiger charge is -2.21. The van der Waals surface area contributed by atoms with Crippen LogP contribution in [0.5, 0.6) is 5.75 Å². The van der Waals surface area contributed by atoms with E-state index >= 15 is 0 Å². The monoisotopic (exact) mass is 297 g/mol. The Labute approximate surface area is 121 Å². The molecule has 1 aromatic carbocycles. The van der Waals surface area contributed by atoms with Crippen LogP contribution in [0, 0.1) is 0 Å². The van der Waals surface area contributed by atoms with E-state index in [9.17, 15) is 8.42 Å². The molecule has 112 valence electrons. The molecule has 0 unspecified atom stereocenters. The van der Waals surface area contributed by atoms with Gasteiger partial charge in [-0.3, -0.25) is 0 Å². The van der Waals surface area contributed by atoms with Crippen molar-refractivity contribution in [3.8, 4) is 5.75 Å². The summed E-state index contributed by atoms with van der Waals surface area (Å²) in [6.45, 7) is 0.533. The number of likely N-dealkylation sites (N-methyl/N-ethyl adjacent to an activating group) is 1. The molecule has 1 fully saturated rings. The quantitative estimate of drug-likeness (QED) is 0.810. The second-order valence-corrected chi connectivity index (χ2v) is 7.69. The van der Waals surface area contributed by atoms with Crippen LogP contribution in [0.4, 0.5) is 0 Å². The molecular weight excluding hydrogens is 274 g/mol. The lowest BCUT2D eigenvalue weighted by molar-refractivity contribution is 0.414. The molecule has 4 nitrogen and oxygen atoms in total. The van der Waals surface area contributed by atoms with E-state index in [4.69, 9.17) is 4.74 Å². The van der Waals surface area contributed by atoms with Crippen LogP contribution in [-0.2, 0) is 16.4 Å². The van der Waals surface area contributed by atoms with Gasteiger partial charge in [0.2, 0.25) is 10.0 Å². The Hall–Kier alpha value is -1.07. The van der Waals surface area contributed by atoms with Crippen molar-refractivity contribution in [3.63, 3.8) is 0 Å². The van der Waals surface area contributed by atoms with Gasteiger partial charge in [0, 0.05) is 13.6 Å². The van der Waals surface area contributed by atoms with Gasteiger partial charge >= 0.3 is 0 Å². The normalized spacial score (nSPS) is 16.8. The first-order valence-electron chi connectivity index (χ1n) is 7.12. The summed E-state index contributed by atoms with van der Waals surface area (Å²) in [7, 11) is 0.214. The van der Waals surface area contributed by atoms with Gasteiger partial charge in [0.05, 0.1) is 12.4 Å². The molecule has 1 aliphatic rings. The third kappa shape index (κ3) is 3.52. The molecule has 2 rings (SSSR count). The Morgan fingerprint density at radius 2 is 1.80 bits per heavy atom.